The van der Waals surface area contributed by atoms with Crippen molar-refractivity contribution in [3.63, 3.8) is 0 Å². The molecule has 0 aromatic rings. The Morgan fingerprint density at radius 1 is 1.31 bits per heavy atom. The monoisotopic (exact) mass is 204 g/mol. The maximum Gasteiger partial charge on any atom is 0.162 e. The second-order valence-electron chi connectivity index (χ2n) is 4.61. The van der Waals surface area contributed by atoms with Gasteiger partial charge in [-0.05, 0) is 33.6 Å². The zero-order valence-electron chi connectivity index (χ0n) is 8.33. The molecule has 0 spiro atoms. The van der Waals surface area contributed by atoms with E-state index in [1.807, 2.05) is 0 Å². The molecular weight excluding hydrogens is 188 g/mol. The summed E-state index contributed by atoms with van der Waals surface area (Å²) in [4.78, 5) is 11.3. The molecular formula is C9H16O3S. The third kappa shape index (κ3) is 2.53. The highest BCUT2D eigenvalue weighted by Crippen LogP contribution is 2.31. The van der Waals surface area contributed by atoms with Crippen molar-refractivity contribution in [2.75, 3.05) is 5.75 Å². The molecule has 1 aliphatic carbocycles. The second kappa shape index (κ2) is 3.08. The predicted octanol–water partition coefficient (Wildman–Crippen LogP) is 1.18. The lowest BCUT2D eigenvalue weighted by Crippen LogP contribution is -2.33. The summed E-state index contributed by atoms with van der Waals surface area (Å²) in [6.45, 7) is 4.88. The normalized spacial score (nSPS) is 18.7. The third-order valence-corrected chi connectivity index (χ3v) is 4.83. The first-order valence-electron chi connectivity index (χ1n) is 4.49. The summed E-state index contributed by atoms with van der Waals surface area (Å²) >= 11 is 0. The number of carbonyl (C=O) groups excluding carboxylic acids is 1. The van der Waals surface area contributed by atoms with Crippen LogP contribution in [0.1, 0.15) is 33.6 Å². The van der Waals surface area contributed by atoms with Crippen LogP contribution in [-0.4, -0.2) is 24.7 Å². The van der Waals surface area contributed by atoms with E-state index < -0.39 is 14.6 Å². The van der Waals surface area contributed by atoms with Crippen molar-refractivity contribution in [2.45, 2.75) is 38.4 Å². The fraction of sp³-hybridized carbons (Fsp3) is 0.889. The van der Waals surface area contributed by atoms with Crippen molar-refractivity contribution in [1.82, 2.24) is 0 Å². The molecule has 3 nitrogen and oxygen atoms in total. The van der Waals surface area contributed by atoms with E-state index in [2.05, 4.69) is 0 Å². The van der Waals surface area contributed by atoms with Crippen molar-refractivity contribution < 1.29 is 13.2 Å². The SMILES string of the molecule is CC(C)(C)S(=O)(=O)CC(=O)C1CC1. The molecule has 1 fully saturated rings. The lowest BCUT2D eigenvalue weighted by Gasteiger charge is -2.18. The Labute approximate surface area is 79.4 Å². The average Bonchev–Trinajstić information content (AvgIpc) is 2.62. The Morgan fingerprint density at radius 2 is 1.77 bits per heavy atom. The molecule has 13 heavy (non-hydrogen) atoms. The number of carbonyl (C=O) groups is 1. The summed E-state index contributed by atoms with van der Waals surface area (Å²) < 4.78 is 22.3. The highest BCUT2D eigenvalue weighted by atomic mass is 32.2. The zero-order chi connectivity index (χ0) is 10.3. The van der Waals surface area contributed by atoms with Crippen LogP contribution in [0.15, 0.2) is 0 Å². The standard InChI is InChI=1S/C9H16O3S/c1-9(2,3)13(11,12)6-8(10)7-4-5-7/h7H,4-6H2,1-3H3. The van der Waals surface area contributed by atoms with Gasteiger partial charge in [-0.2, -0.15) is 0 Å². The first kappa shape index (κ1) is 10.7. The van der Waals surface area contributed by atoms with E-state index in [1.54, 1.807) is 20.8 Å². The van der Waals surface area contributed by atoms with Crippen LogP contribution in [0.25, 0.3) is 0 Å². The van der Waals surface area contributed by atoms with E-state index >= 15 is 0 Å². The van der Waals surface area contributed by atoms with Gasteiger partial charge in [0.1, 0.15) is 5.75 Å². The molecule has 0 aromatic heterocycles. The molecule has 0 aromatic carbocycles. The summed E-state index contributed by atoms with van der Waals surface area (Å²) in [6.07, 6.45) is 1.75. The number of rotatable bonds is 3. The lowest BCUT2D eigenvalue weighted by atomic mass is 10.3. The van der Waals surface area contributed by atoms with Crippen LogP contribution in [0.5, 0.6) is 0 Å². The highest BCUT2D eigenvalue weighted by molar-refractivity contribution is 7.93. The van der Waals surface area contributed by atoms with Crippen LogP contribution in [-0.2, 0) is 14.6 Å². The lowest BCUT2D eigenvalue weighted by molar-refractivity contribution is -0.117. The van der Waals surface area contributed by atoms with Gasteiger partial charge in [0.25, 0.3) is 0 Å². The van der Waals surface area contributed by atoms with Gasteiger partial charge in [-0.15, -0.1) is 0 Å². The largest absolute Gasteiger partial charge is 0.298 e. The second-order valence-corrected chi connectivity index (χ2v) is 7.35. The van der Waals surface area contributed by atoms with Gasteiger partial charge >= 0.3 is 0 Å². The third-order valence-electron chi connectivity index (χ3n) is 2.30. The maximum absolute atomic E-state index is 11.6. The molecule has 76 valence electrons. The van der Waals surface area contributed by atoms with Gasteiger partial charge in [-0.1, -0.05) is 0 Å². The van der Waals surface area contributed by atoms with Gasteiger partial charge in [-0.25, -0.2) is 8.42 Å². The van der Waals surface area contributed by atoms with Crippen molar-refractivity contribution in [3.05, 3.63) is 0 Å². The van der Waals surface area contributed by atoms with Gasteiger partial charge in [0.15, 0.2) is 15.6 Å². The van der Waals surface area contributed by atoms with Crippen molar-refractivity contribution >= 4 is 15.6 Å². The molecule has 0 unspecified atom stereocenters. The first-order chi connectivity index (χ1) is 5.74. The minimum absolute atomic E-state index is 0.0390. The Morgan fingerprint density at radius 3 is 2.08 bits per heavy atom. The topological polar surface area (TPSA) is 51.2 Å². The minimum atomic E-state index is -3.25. The molecule has 0 bridgehead atoms. The Hall–Kier alpha value is -0.380. The Kier molecular flexibility index (Phi) is 2.54. The van der Waals surface area contributed by atoms with Crippen LogP contribution >= 0.6 is 0 Å². The molecule has 0 amide bonds. The van der Waals surface area contributed by atoms with E-state index in [9.17, 15) is 13.2 Å². The van der Waals surface area contributed by atoms with Crippen LogP contribution in [0, 0.1) is 5.92 Å². The number of Topliss-reactive ketones (excluding diaryl/α,β-unsaturated/α-hetero) is 1. The van der Waals surface area contributed by atoms with Gasteiger partial charge in [0.2, 0.25) is 0 Å². The fourth-order valence-electron chi connectivity index (χ4n) is 0.927. The van der Waals surface area contributed by atoms with Gasteiger partial charge in [-0.3, -0.25) is 4.79 Å². The molecule has 1 rings (SSSR count). The average molecular weight is 204 g/mol. The number of sulfone groups is 1. The first-order valence-corrected chi connectivity index (χ1v) is 6.14. The highest BCUT2D eigenvalue weighted by Gasteiger charge is 2.37. The maximum atomic E-state index is 11.6. The van der Waals surface area contributed by atoms with Gasteiger partial charge in [0.05, 0.1) is 4.75 Å². The number of hydrogen-bond acceptors (Lipinski definition) is 3. The smallest absolute Gasteiger partial charge is 0.162 e. The summed E-state index contributed by atoms with van der Waals surface area (Å²) in [6, 6.07) is 0. The molecule has 0 N–H and O–H groups in total. The quantitative estimate of drug-likeness (QED) is 0.693. The van der Waals surface area contributed by atoms with Crippen molar-refractivity contribution in [1.29, 1.82) is 0 Å². The summed E-state index contributed by atoms with van der Waals surface area (Å²) in [7, 11) is -3.25. The molecule has 0 radical (unpaired) electrons. The van der Waals surface area contributed by atoms with Crippen molar-refractivity contribution in [3.8, 4) is 0 Å². The Bertz CT molecular complexity index is 304. The summed E-state index contributed by atoms with van der Waals surface area (Å²) in [5.74, 6) is -0.340. The van der Waals surface area contributed by atoms with Crippen LogP contribution in [0.2, 0.25) is 0 Å². The zero-order valence-corrected chi connectivity index (χ0v) is 9.15. The minimum Gasteiger partial charge on any atom is -0.298 e. The van der Waals surface area contributed by atoms with E-state index in [1.165, 1.54) is 0 Å². The van der Waals surface area contributed by atoms with E-state index in [0.29, 0.717) is 0 Å². The molecule has 1 aliphatic rings. The van der Waals surface area contributed by atoms with Gasteiger partial charge in [0, 0.05) is 5.92 Å². The van der Waals surface area contributed by atoms with Crippen LogP contribution < -0.4 is 0 Å². The Balaban J connectivity index is 2.67. The molecule has 0 saturated heterocycles. The van der Waals surface area contributed by atoms with Crippen LogP contribution in [0.4, 0.5) is 0 Å². The van der Waals surface area contributed by atoms with Crippen LogP contribution in [0.3, 0.4) is 0 Å². The molecule has 0 atom stereocenters. The molecule has 0 aliphatic heterocycles. The molecule has 4 heteroatoms. The van der Waals surface area contributed by atoms with Crippen molar-refractivity contribution in [2.24, 2.45) is 5.92 Å². The molecule has 0 heterocycles. The van der Waals surface area contributed by atoms with Gasteiger partial charge < -0.3 is 0 Å². The summed E-state index contributed by atoms with van der Waals surface area (Å²) in [5, 5.41) is 0. The van der Waals surface area contributed by atoms with E-state index in [-0.39, 0.29) is 17.5 Å². The predicted molar refractivity (Wildman–Crippen MR) is 51.3 cm³/mol. The fourth-order valence-corrected chi connectivity index (χ4v) is 1.97. The summed E-state index contributed by atoms with van der Waals surface area (Å²) in [5.41, 5.74) is 0. The number of ketones is 1. The molecule has 1 saturated carbocycles. The van der Waals surface area contributed by atoms with E-state index in [0.717, 1.165) is 12.8 Å². The number of hydrogen-bond donors (Lipinski definition) is 0. The van der Waals surface area contributed by atoms with E-state index in [4.69, 9.17) is 0 Å².